The normalized spacial score (nSPS) is 11.4. The fourth-order valence-corrected chi connectivity index (χ4v) is 9.80. The Morgan fingerprint density at radius 2 is 0.897 bits per heavy atom. The Hall–Kier alpha value is -7.26. The van der Waals surface area contributed by atoms with Gasteiger partial charge in [-0.05, 0) is 103 Å². The molecule has 11 rings (SSSR count). The highest BCUT2D eigenvalue weighted by molar-refractivity contribution is 7.26. The number of fused-ring (bicyclic) bond motifs is 5. The minimum absolute atomic E-state index is 1.10. The second kappa shape index (κ2) is 14.4. The van der Waals surface area contributed by atoms with E-state index in [0.717, 1.165) is 17.1 Å². The lowest BCUT2D eigenvalue weighted by atomic mass is 9.94. The standard InChI is InChI=1S/C56H37NS/c1-2-14-41(15-3-1)50-34-31-45(44-28-27-38-13-4-5-17-42(38)35-44)37-54(50)57(53-25-12-24-52-51-22-8-9-26-55(51)58-56(52)53)47-32-29-39(30-33-47)43-19-10-20-46(36-43)49-23-11-18-40-16-6-7-21-48(40)49/h1-37H. The zero-order valence-corrected chi connectivity index (χ0v) is 32.5. The van der Waals surface area contributed by atoms with Crippen molar-refractivity contribution in [3.8, 4) is 44.5 Å². The third kappa shape index (κ3) is 6.03. The predicted octanol–water partition coefficient (Wildman–Crippen LogP) is 16.5. The topological polar surface area (TPSA) is 3.24 Å². The fourth-order valence-electron chi connectivity index (χ4n) is 8.59. The van der Waals surface area contributed by atoms with Gasteiger partial charge in [-0.2, -0.15) is 0 Å². The number of thiophene rings is 1. The van der Waals surface area contributed by atoms with Crippen molar-refractivity contribution in [2.45, 2.75) is 0 Å². The van der Waals surface area contributed by atoms with Gasteiger partial charge in [0.05, 0.1) is 16.1 Å². The zero-order valence-electron chi connectivity index (χ0n) is 31.7. The van der Waals surface area contributed by atoms with Gasteiger partial charge in [-0.15, -0.1) is 11.3 Å². The van der Waals surface area contributed by atoms with Gasteiger partial charge in [0.15, 0.2) is 0 Å². The summed E-state index contributed by atoms with van der Waals surface area (Å²) in [6.07, 6.45) is 0. The molecule has 0 aliphatic carbocycles. The molecule has 0 saturated carbocycles. The number of anilines is 3. The van der Waals surface area contributed by atoms with Gasteiger partial charge in [0.25, 0.3) is 0 Å². The van der Waals surface area contributed by atoms with Crippen LogP contribution in [0.15, 0.2) is 224 Å². The van der Waals surface area contributed by atoms with Crippen molar-refractivity contribution < 1.29 is 0 Å². The van der Waals surface area contributed by atoms with Crippen LogP contribution in [0.5, 0.6) is 0 Å². The Bertz CT molecular complexity index is 3280. The first kappa shape index (κ1) is 34.0. The quantitative estimate of drug-likeness (QED) is 0.157. The fraction of sp³-hybridized carbons (Fsp3) is 0. The molecule has 272 valence electrons. The van der Waals surface area contributed by atoms with Crippen molar-refractivity contribution in [3.63, 3.8) is 0 Å². The van der Waals surface area contributed by atoms with Crippen LogP contribution in [0.3, 0.4) is 0 Å². The van der Waals surface area contributed by atoms with E-state index in [0.29, 0.717) is 0 Å². The van der Waals surface area contributed by atoms with E-state index in [-0.39, 0.29) is 0 Å². The maximum atomic E-state index is 2.49. The number of hydrogen-bond donors (Lipinski definition) is 0. The van der Waals surface area contributed by atoms with Crippen LogP contribution in [-0.4, -0.2) is 0 Å². The molecule has 11 aromatic rings. The molecule has 0 N–H and O–H groups in total. The monoisotopic (exact) mass is 755 g/mol. The van der Waals surface area contributed by atoms with Crippen LogP contribution < -0.4 is 4.90 Å². The Morgan fingerprint density at radius 3 is 1.78 bits per heavy atom. The lowest BCUT2D eigenvalue weighted by Gasteiger charge is -2.29. The van der Waals surface area contributed by atoms with Crippen molar-refractivity contribution >= 4 is 70.1 Å². The average molecular weight is 756 g/mol. The molecule has 10 aromatic carbocycles. The Balaban J connectivity index is 1.10. The Kier molecular flexibility index (Phi) is 8.42. The molecule has 1 aromatic heterocycles. The third-order valence-electron chi connectivity index (χ3n) is 11.5. The van der Waals surface area contributed by atoms with E-state index in [1.165, 1.54) is 86.2 Å². The van der Waals surface area contributed by atoms with Gasteiger partial charge < -0.3 is 4.90 Å². The summed E-state index contributed by atoms with van der Waals surface area (Å²) in [7, 11) is 0. The molecule has 0 spiro atoms. The smallest absolute Gasteiger partial charge is 0.0640 e. The molecule has 2 heteroatoms. The van der Waals surface area contributed by atoms with E-state index in [1.54, 1.807) is 0 Å². The summed E-state index contributed by atoms with van der Waals surface area (Å²) in [4.78, 5) is 2.49. The molecule has 0 aliphatic rings. The van der Waals surface area contributed by atoms with Crippen LogP contribution in [-0.2, 0) is 0 Å². The lowest BCUT2D eigenvalue weighted by molar-refractivity contribution is 1.30. The van der Waals surface area contributed by atoms with Gasteiger partial charge in [-0.25, -0.2) is 0 Å². The van der Waals surface area contributed by atoms with E-state index in [2.05, 4.69) is 229 Å². The van der Waals surface area contributed by atoms with Gasteiger partial charge in [0.2, 0.25) is 0 Å². The molecular weight excluding hydrogens is 719 g/mol. The predicted molar refractivity (Wildman–Crippen MR) is 251 cm³/mol. The summed E-state index contributed by atoms with van der Waals surface area (Å²) >= 11 is 1.87. The Morgan fingerprint density at radius 1 is 0.293 bits per heavy atom. The molecule has 0 amide bonds. The van der Waals surface area contributed by atoms with Crippen molar-refractivity contribution in [2.75, 3.05) is 4.90 Å². The van der Waals surface area contributed by atoms with Crippen LogP contribution in [0.25, 0.3) is 86.2 Å². The number of benzene rings is 10. The van der Waals surface area contributed by atoms with Crippen LogP contribution >= 0.6 is 11.3 Å². The zero-order chi connectivity index (χ0) is 38.4. The first-order chi connectivity index (χ1) is 28.7. The molecule has 58 heavy (non-hydrogen) atoms. The van der Waals surface area contributed by atoms with Gasteiger partial charge >= 0.3 is 0 Å². The molecule has 0 radical (unpaired) electrons. The van der Waals surface area contributed by atoms with Crippen LogP contribution in [0, 0.1) is 0 Å². The maximum Gasteiger partial charge on any atom is 0.0640 e. The lowest BCUT2D eigenvalue weighted by Crippen LogP contribution is -2.11. The molecule has 0 fully saturated rings. The summed E-state index contributed by atoms with van der Waals surface area (Å²) in [5.74, 6) is 0. The summed E-state index contributed by atoms with van der Waals surface area (Å²) in [5, 5.41) is 7.57. The largest absolute Gasteiger partial charge is 0.308 e. The van der Waals surface area contributed by atoms with Gasteiger partial charge in [-0.3, -0.25) is 0 Å². The molecule has 1 nitrogen and oxygen atoms in total. The molecule has 0 saturated heterocycles. The second-order valence-electron chi connectivity index (χ2n) is 14.9. The minimum atomic E-state index is 1.10. The van der Waals surface area contributed by atoms with Crippen molar-refractivity contribution in [2.24, 2.45) is 0 Å². The highest BCUT2D eigenvalue weighted by Gasteiger charge is 2.22. The molecule has 0 bridgehead atoms. The van der Waals surface area contributed by atoms with Gasteiger partial charge in [0, 0.05) is 26.7 Å². The third-order valence-corrected chi connectivity index (χ3v) is 12.7. The molecule has 0 aliphatic heterocycles. The highest BCUT2D eigenvalue weighted by Crippen LogP contribution is 2.48. The summed E-state index contributed by atoms with van der Waals surface area (Å²) in [6.45, 7) is 0. The molecular formula is C56H37NS. The van der Waals surface area contributed by atoms with E-state index in [9.17, 15) is 0 Å². The van der Waals surface area contributed by atoms with Gasteiger partial charge in [-0.1, -0.05) is 182 Å². The molecule has 0 atom stereocenters. The summed E-state index contributed by atoms with van der Waals surface area (Å²) in [6, 6.07) is 82.1. The van der Waals surface area contributed by atoms with Crippen molar-refractivity contribution in [1.29, 1.82) is 0 Å². The number of hydrogen-bond acceptors (Lipinski definition) is 2. The minimum Gasteiger partial charge on any atom is -0.308 e. The molecule has 1 heterocycles. The van der Waals surface area contributed by atoms with Gasteiger partial charge in [0.1, 0.15) is 0 Å². The van der Waals surface area contributed by atoms with E-state index < -0.39 is 0 Å². The maximum absolute atomic E-state index is 2.49. The first-order valence-corrected chi connectivity index (χ1v) is 20.6. The van der Waals surface area contributed by atoms with Crippen LogP contribution in [0.2, 0.25) is 0 Å². The summed E-state index contributed by atoms with van der Waals surface area (Å²) in [5.41, 5.74) is 13.0. The van der Waals surface area contributed by atoms with Crippen LogP contribution in [0.1, 0.15) is 0 Å². The SMILES string of the molecule is c1ccc(-c2ccc(-c3ccc4ccccc4c3)cc2N(c2ccc(-c3cccc(-c4cccc5ccccc45)c3)cc2)c2cccc3c2sc2ccccc23)cc1. The van der Waals surface area contributed by atoms with E-state index in [4.69, 9.17) is 0 Å². The van der Waals surface area contributed by atoms with E-state index in [1.807, 2.05) is 11.3 Å². The van der Waals surface area contributed by atoms with Crippen molar-refractivity contribution in [3.05, 3.63) is 224 Å². The highest BCUT2D eigenvalue weighted by atomic mass is 32.1. The first-order valence-electron chi connectivity index (χ1n) is 19.8. The Labute approximate surface area is 342 Å². The van der Waals surface area contributed by atoms with E-state index >= 15 is 0 Å². The summed E-state index contributed by atoms with van der Waals surface area (Å²) < 4.78 is 2.56. The van der Waals surface area contributed by atoms with Crippen molar-refractivity contribution in [1.82, 2.24) is 0 Å². The molecule has 0 unspecified atom stereocenters. The van der Waals surface area contributed by atoms with Crippen LogP contribution in [0.4, 0.5) is 17.1 Å². The number of nitrogens with zero attached hydrogens (tertiary/aromatic N) is 1. The number of rotatable bonds is 7. The average Bonchev–Trinajstić information content (AvgIpc) is 3.69. The second-order valence-corrected chi connectivity index (χ2v) is 16.0.